The molecule has 0 saturated heterocycles. The molecule has 9 aromatic rings. The number of imidazole rings is 1. The Morgan fingerprint density at radius 2 is 1.11 bits per heavy atom. The van der Waals surface area contributed by atoms with E-state index in [0.717, 1.165) is 38.5 Å². The van der Waals surface area contributed by atoms with Gasteiger partial charge in [0, 0.05) is 22.4 Å². The Labute approximate surface area is 255 Å². The molecule has 9 rings (SSSR count). The molecule has 0 amide bonds. The molecular weight excluding hydrogens is 553 g/mol. The molecule has 0 aliphatic carbocycles. The Kier molecular flexibility index (Phi) is 5.79. The van der Waals surface area contributed by atoms with Gasteiger partial charge in [-0.15, -0.1) is 0 Å². The lowest BCUT2D eigenvalue weighted by Gasteiger charge is -2.21. The molecular formula is C40H26N3P. The number of benzene rings is 6. The van der Waals surface area contributed by atoms with Gasteiger partial charge in [-0.2, -0.15) is 0 Å². The van der Waals surface area contributed by atoms with Crippen LogP contribution in [0.3, 0.4) is 0 Å². The van der Waals surface area contributed by atoms with E-state index in [0.29, 0.717) is 0 Å². The zero-order chi connectivity index (χ0) is 29.0. The van der Waals surface area contributed by atoms with Gasteiger partial charge in [0.1, 0.15) is 5.65 Å². The molecule has 0 N–H and O–H groups in total. The van der Waals surface area contributed by atoms with Crippen molar-refractivity contribution in [1.29, 1.82) is 0 Å². The van der Waals surface area contributed by atoms with Crippen molar-refractivity contribution in [1.82, 2.24) is 14.4 Å². The van der Waals surface area contributed by atoms with Gasteiger partial charge in [-0.05, 0) is 76.7 Å². The molecule has 0 spiro atoms. The predicted molar refractivity (Wildman–Crippen MR) is 187 cm³/mol. The van der Waals surface area contributed by atoms with E-state index in [1.165, 1.54) is 37.8 Å². The maximum Gasteiger partial charge on any atom is 0.146 e. The van der Waals surface area contributed by atoms with Gasteiger partial charge in [-0.3, -0.25) is 9.38 Å². The Bertz CT molecular complexity index is 2460. The average Bonchev–Trinajstić information content (AvgIpc) is 3.49. The summed E-state index contributed by atoms with van der Waals surface area (Å²) in [6.45, 7) is 0. The molecule has 206 valence electrons. The van der Waals surface area contributed by atoms with Crippen LogP contribution in [0.5, 0.6) is 0 Å². The maximum absolute atomic E-state index is 5.26. The Morgan fingerprint density at radius 3 is 1.89 bits per heavy atom. The first-order valence-electron chi connectivity index (χ1n) is 14.8. The summed E-state index contributed by atoms with van der Waals surface area (Å²) >= 11 is 0. The van der Waals surface area contributed by atoms with Crippen LogP contribution in [0.2, 0.25) is 0 Å². The summed E-state index contributed by atoms with van der Waals surface area (Å²) in [5, 5.41) is 8.70. The van der Waals surface area contributed by atoms with E-state index in [1.807, 2.05) is 12.3 Å². The molecule has 0 fully saturated rings. The minimum absolute atomic E-state index is 0.776. The highest BCUT2D eigenvalue weighted by Gasteiger charge is 2.20. The van der Waals surface area contributed by atoms with Crippen molar-refractivity contribution in [2.45, 2.75) is 0 Å². The Hall–Kier alpha value is -5.37. The number of para-hydroxylation sites is 1. The molecule has 3 heterocycles. The van der Waals surface area contributed by atoms with Gasteiger partial charge in [-0.25, -0.2) is 4.98 Å². The molecule has 44 heavy (non-hydrogen) atoms. The molecule has 4 heteroatoms. The number of aromatic nitrogens is 3. The quantitative estimate of drug-likeness (QED) is 0.154. The highest BCUT2D eigenvalue weighted by Crippen LogP contribution is 2.38. The van der Waals surface area contributed by atoms with E-state index in [2.05, 4.69) is 150 Å². The fourth-order valence-electron chi connectivity index (χ4n) is 6.62. The third-order valence-electron chi connectivity index (χ3n) is 8.56. The van der Waals surface area contributed by atoms with E-state index in [4.69, 9.17) is 9.97 Å². The van der Waals surface area contributed by atoms with Gasteiger partial charge in [0.05, 0.1) is 22.1 Å². The summed E-state index contributed by atoms with van der Waals surface area (Å²) in [4.78, 5) is 10.1. The summed E-state index contributed by atoms with van der Waals surface area (Å²) in [6.07, 6.45) is 1.89. The second-order valence-corrected chi connectivity index (χ2v) is 13.3. The SMILES string of the molecule is c1ccc(P(c2ccccc2)c2cc(-c3ccc4c(c3)nc3c5ccccc5c5ccccc5n43)c3cccnc3c2)cc1. The zero-order valence-electron chi connectivity index (χ0n) is 23.8. The van der Waals surface area contributed by atoms with Crippen LogP contribution in [-0.4, -0.2) is 14.4 Å². The largest absolute Gasteiger partial charge is 0.292 e. The van der Waals surface area contributed by atoms with Gasteiger partial charge in [-0.1, -0.05) is 115 Å². The summed E-state index contributed by atoms with van der Waals surface area (Å²) in [5.74, 6) is 0. The van der Waals surface area contributed by atoms with Crippen LogP contribution in [0.15, 0.2) is 158 Å². The lowest BCUT2D eigenvalue weighted by molar-refractivity contribution is 1.31. The number of rotatable bonds is 4. The standard InChI is InChI=1S/C40H26N3P/c1-3-12-28(13-4-1)44(29-14-5-2-6-15-29)30-25-35(32-19-11-23-41-36(32)26-30)27-21-22-39-37(24-27)42-40-34-18-8-7-16-31(34)33-17-9-10-20-38(33)43(39)40/h1-26H. The fraction of sp³-hybridized carbons (Fsp3) is 0. The van der Waals surface area contributed by atoms with Crippen LogP contribution in [-0.2, 0) is 0 Å². The molecule has 0 atom stereocenters. The van der Waals surface area contributed by atoms with Gasteiger partial charge < -0.3 is 0 Å². The lowest BCUT2D eigenvalue weighted by atomic mass is 10.00. The second-order valence-electron chi connectivity index (χ2n) is 11.1. The molecule has 6 aromatic carbocycles. The third kappa shape index (κ3) is 3.94. The maximum atomic E-state index is 5.26. The third-order valence-corrected chi connectivity index (χ3v) is 11.0. The smallest absolute Gasteiger partial charge is 0.146 e. The van der Waals surface area contributed by atoms with Crippen LogP contribution < -0.4 is 15.9 Å². The van der Waals surface area contributed by atoms with E-state index < -0.39 is 7.92 Å². The minimum atomic E-state index is -0.776. The molecule has 0 aliphatic heterocycles. The molecule has 0 saturated carbocycles. The molecule has 0 aliphatic rings. The highest BCUT2D eigenvalue weighted by molar-refractivity contribution is 7.79. The summed E-state index contributed by atoms with van der Waals surface area (Å²) in [6, 6.07) is 54.6. The van der Waals surface area contributed by atoms with E-state index in [-0.39, 0.29) is 0 Å². The lowest BCUT2D eigenvalue weighted by Crippen LogP contribution is -2.20. The fourth-order valence-corrected chi connectivity index (χ4v) is 8.96. The Morgan fingerprint density at radius 1 is 0.455 bits per heavy atom. The van der Waals surface area contributed by atoms with Crippen LogP contribution in [0, 0.1) is 0 Å². The second kappa shape index (κ2) is 10.1. The van der Waals surface area contributed by atoms with Crippen molar-refractivity contribution in [2.75, 3.05) is 0 Å². The van der Waals surface area contributed by atoms with Gasteiger partial charge in [0.25, 0.3) is 0 Å². The van der Waals surface area contributed by atoms with Crippen LogP contribution in [0.25, 0.3) is 60.4 Å². The molecule has 3 nitrogen and oxygen atoms in total. The van der Waals surface area contributed by atoms with Crippen LogP contribution >= 0.6 is 7.92 Å². The zero-order valence-corrected chi connectivity index (χ0v) is 24.7. The van der Waals surface area contributed by atoms with Crippen LogP contribution in [0.1, 0.15) is 0 Å². The number of pyridine rings is 2. The van der Waals surface area contributed by atoms with Crippen LogP contribution in [0.4, 0.5) is 0 Å². The number of hydrogen-bond acceptors (Lipinski definition) is 2. The normalized spacial score (nSPS) is 11.8. The molecule has 0 bridgehead atoms. The molecule has 0 radical (unpaired) electrons. The van der Waals surface area contributed by atoms with E-state index in [9.17, 15) is 0 Å². The van der Waals surface area contributed by atoms with Crippen molar-refractivity contribution in [3.8, 4) is 11.1 Å². The average molecular weight is 580 g/mol. The van der Waals surface area contributed by atoms with E-state index >= 15 is 0 Å². The first-order valence-corrected chi connectivity index (χ1v) is 16.2. The molecule has 0 unspecified atom stereocenters. The van der Waals surface area contributed by atoms with Crippen molar-refractivity contribution < 1.29 is 0 Å². The molecule has 3 aromatic heterocycles. The highest BCUT2D eigenvalue weighted by atomic mass is 31.1. The first-order chi connectivity index (χ1) is 21.8. The first kappa shape index (κ1) is 25.2. The van der Waals surface area contributed by atoms with Crippen molar-refractivity contribution in [3.05, 3.63) is 158 Å². The topological polar surface area (TPSA) is 30.2 Å². The number of fused-ring (bicyclic) bond motifs is 9. The van der Waals surface area contributed by atoms with Gasteiger partial charge in [0.2, 0.25) is 0 Å². The summed E-state index contributed by atoms with van der Waals surface area (Å²) in [7, 11) is -0.776. The van der Waals surface area contributed by atoms with Gasteiger partial charge >= 0.3 is 0 Å². The van der Waals surface area contributed by atoms with Gasteiger partial charge in [0.15, 0.2) is 0 Å². The van der Waals surface area contributed by atoms with Crippen molar-refractivity contribution in [3.63, 3.8) is 0 Å². The monoisotopic (exact) mass is 579 g/mol. The van der Waals surface area contributed by atoms with Crippen molar-refractivity contribution >= 4 is 73.1 Å². The Balaban J connectivity index is 1.31. The minimum Gasteiger partial charge on any atom is -0.292 e. The summed E-state index contributed by atoms with van der Waals surface area (Å²) < 4.78 is 2.32. The van der Waals surface area contributed by atoms with E-state index in [1.54, 1.807) is 0 Å². The predicted octanol–water partition coefficient (Wildman–Crippen LogP) is 8.77. The number of nitrogens with zero attached hydrogens (tertiary/aromatic N) is 3. The van der Waals surface area contributed by atoms with Crippen molar-refractivity contribution in [2.24, 2.45) is 0 Å². The number of hydrogen-bond donors (Lipinski definition) is 0. The summed E-state index contributed by atoms with van der Waals surface area (Å²) in [5.41, 5.74) is 7.59.